The predicted octanol–water partition coefficient (Wildman–Crippen LogP) is 5.19. The average molecular weight is 416 g/mol. The Kier molecular flexibility index (Phi) is 6.96. The van der Waals surface area contributed by atoms with E-state index in [1.807, 2.05) is 24.3 Å². The Labute approximate surface area is 176 Å². The minimum atomic E-state index is -0.361. The van der Waals surface area contributed by atoms with Crippen molar-refractivity contribution in [1.82, 2.24) is 0 Å². The lowest BCUT2D eigenvalue weighted by molar-refractivity contribution is -0.118. The molecule has 29 heavy (non-hydrogen) atoms. The van der Waals surface area contributed by atoms with Gasteiger partial charge in [0.25, 0.3) is 5.91 Å². The number of benzene rings is 1. The largest absolute Gasteiger partial charge is 0.484 e. The molecule has 5 nitrogen and oxygen atoms in total. The van der Waals surface area contributed by atoms with Gasteiger partial charge in [0.05, 0.1) is 12.2 Å². The van der Waals surface area contributed by atoms with E-state index in [0.29, 0.717) is 34.8 Å². The molecule has 2 aromatic rings. The van der Waals surface area contributed by atoms with Crippen LogP contribution in [0, 0.1) is 5.92 Å². The number of hydrogen-bond acceptors (Lipinski definition) is 5. The number of hydrogen-bond donors (Lipinski definition) is 1. The van der Waals surface area contributed by atoms with Crippen LogP contribution in [-0.4, -0.2) is 25.1 Å². The molecule has 1 atom stereocenters. The molecule has 0 unspecified atom stereocenters. The van der Waals surface area contributed by atoms with E-state index in [4.69, 9.17) is 9.47 Å². The van der Waals surface area contributed by atoms with Gasteiger partial charge in [-0.15, -0.1) is 11.3 Å². The number of fused-ring (bicyclic) bond motifs is 1. The normalized spacial score (nSPS) is 15.7. The van der Waals surface area contributed by atoms with Crippen molar-refractivity contribution >= 4 is 28.2 Å². The fourth-order valence-corrected chi connectivity index (χ4v) is 4.93. The van der Waals surface area contributed by atoms with E-state index in [2.05, 4.69) is 26.1 Å². The first-order valence-corrected chi connectivity index (χ1v) is 11.0. The van der Waals surface area contributed by atoms with Crippen LogP contribution in [0.3, 0.4) is 0 Å². The molecule has 1 aliphatic rings. The number of carbonyl (C=O) groups is 2. The van der Waals surface area contributed by atoms with E-state index >= 15 is 0 Å². The summed E-state index contributed by atoms with van der Waals surface area (Å²) in [6.45, 7) is 8.46. The van der Waals surface area contributed by atoms with Crippen molar-refractivity contribution in [2.75, 3.05) is 18.5 Å². The fraction of sp³-hybridized carbons (Fsp3) is 0.478. The summed E-state index contributed by atoms with van der Waals surface area (Å²) >= 11 is 1.49. The Bertz CT molecular complexity index is 870. The van der Waals surface area contributed by atoms with E-state index in [1.54, 1.807) is 6.92 Å². The molecule has 1 N–H and O–H groups in total. The average Bonchev–Trinajstić information content (AvgIpc) is 3.03. The molecule has 1 aromatic heterocycles. The zero-order valence-electron chi connectivity index (χ0n) is 17.5. The molecule has 156 valence electrons. The molecular weight excluding hydrogens is 386 g/mol. The molecule has 0 saturated heterocycles. The van der Waals surface area contributed by atoms with Gasteiger partial charge < -0.3 is 14.8 Å². The molecule has 1 aliphatic carbocycles. The van der Waals surface area contributed by atoms with Crippen molar-refractivity contribution in [3.05, 3.63) is 45.8 Å². The summed E-state index contributed by atoms with van der Waals surface area (Å²) in [5.41, 5.74) is 2.78. The summed E-state index contributed by atoms with van der Waals surface area (Å²) in [6, 6.07) is 7.76. The summed E-state index contributed by atoms with van der Waals surface area (Å²) in [7, 11) is 0. The van der Waals surface area contributed by atoms with E-state index < -0.39 is 0 Å². The third-order valence-electron chi connectivity index (χ3n) is 5.16. The molecule has 0 radical (unpaired) electrons. The van der Waals surface area contributed by atoms with Gasteiger partial charge in [-0.25, -0.2) is 4.79 Å². The number of esters is 1. The van der Waals surface area contributed by atoms with Crippen LogP contribution in [-0.2, 0) is 22.4 Å². The molecule has 0 fully saturated rings. The second-order valence-corrected chi connectivity index (χ2v) is 8.94. The van der Waals surface area contributed by atoms with Crippen molar-refractivity contribution in [2.24, 2.45) is 5.92 Å². The molecule has 0 bridgehead atoms. The lowest BCUT2D eigenvalue weighted by Gasteiger charge is -2.18. The summed E-state index contributed by atoms with van der Waals surface area (Å²) in [4.78, 5) is 26.2. The predicted molar refractivity (Wildman–Crippen MR) is 116 cm³/mol. The van der Waals surface area contributed by atoms with Crippen LogP contribution in [0.4, 0.5) is 5.00 Å². The van der Waals surface area contributed by atoms with Gasteiger partial charge in [-0.2, -0.15) is 0 Å². The SMILES string of the molecule is CCOC(=O)c1c(NC(=O)COc2ccc(C(C)C)cc2)sc2c1CC[C@@H](C)C2. The van der Waals surface area contributed by atoms with Crippen molar-refractivity contribution in [1.29, 1.82) is 0 Å². The highest BCUT2D eigenvalue weighted by atomic mass is 32.1. The highest BCUT2D eigenvalue weighted by Gasteiger charge is 2.29. The zero-order chi connectivity index (χ0) is 21.0. The second-order valence-electron chi connectivity index (χ2n) is 7.84. The third kappa shape index (κ3) is 5.18. The number of ether oxygens (including phenoxy) is 2. The number of nitrogens with one attached hydrogen (secondary N) is 1. The van der Waals surface area contributed by atoms with Gasteiger partial charge in [0.2, 0.25) is 0 Å². The number of amides is 1. The van der Waals surface area contributed by atoms with Crippen LogP contribution in [0.5, 0.6) is 5.75 Å². The smallest absolute Gasteiger partial charge is 0.341 e. The maximum absolute atomic E-state index is 12.5. The molecule has 3 rings (SSSR count). The van der Waals surface area contributed by atoms with E-state index in [-0.39, 0.29) is 18.5 Å². The first kappa shape index (κ1) is 21.4. The summed E-state index contributed by atoms with van der Waals surface area (Å²) in [5.74, 6) is 1.03. The molecule has 1 aromatic carbocycles. The van der Waals surface area contributed by atoms with Gasteiger partial charge in [-0.05, 0) is 61.3 Å². The number of thiophene rings is 1. The molecule has 0 spiro atoms. The first-order valence-electron chi connectivity index (χ1n) is 10.2. The van der Waals surface area contributed by atoms with Crippen LogP contribution in [0.15, 0.2) is 24.3 Å². The minimum absolute atomic E-state index is 0.109. The Morgan fingerprint density at radius 1 is 1.24 bits per heavy atom. The lowest BCUT2D eigenvalue weighted by Crippen LogP contribution is -2.21. The van der Waals surface area contributed by atoms with Crippen LogP contribution in [0.2, 0.25) is 0 Å². The van der Waals surface area contributed by atoms with Crippen LogP contribution < -0.4 is 10.1 Å². The van der Waals surface area contributed by atoms with Crippen LogP contribution in [0.1, 0.15) is 66.4 Å². The maximum Gasteiger partial charge on any atom is 0.341 e. The molecule has 0 saturated carbocycles. The summed E-state index contributed by atoms with van der Waals surface area (Å²) in [6.07, 6.45) is 2.82. The second kappa shape index (κ2) is 9.44. The van der Waals surface area contributed by atoms with Crippen molar-refractivity contribution in [3.8, 4) is 5.75 Å². The van der Waals surface area contributed by atoms with Crippen LogP contribution in [0.25, 0.3) is 0 Å². The maximum atomic E-state index is 12.5. The Morgan fingerprint density at radius 2 is 1.97 bits per heavy atom. The Hall–Kier alpha value is -2.34. The molecule has 1 amide bonds. The van der Waals surface area contributed by atoms with Gasteiger partial charge in [-0.3, -0.25) is 4.79 Å². The third-order valence-corrected chi connectivity index (χ3v) is 6.33. The highest BCUT2D eigenvalue weighted by Crippen LogP contribution is 2.40. The quantitative estimate of drug-likeness (QED) is 0.632. The van der Waals surface area contributed by atoms with Gasteiger partial charge in [0, 0.05) is 4.88 Å². The summed E-state index contributed by atoms with van der Waals surface area (Å²) in [5, 5.41) is 3.45. The fourth-order valence-electron chi connectivity index (χ4n) is 3.52. The number of carbonyl (C=O) groups excluding carboxylic acids is 2. The number of anilines is 1. The van der Waals surface area contributed by atoms with E-state index in [0.717, 1.165) is 24.8 Å². The van der Waals surface area contributed by atoms with Gasteiger partial charge in [-0.1, -0.05) is 32.9 Å². The highest BCUT2D eigenvalue weighted by molar-refractivity contribution is 7.17. The van der Waals surface area contributed by atoms with Gasteiger partial charge in [0.15, 0.2) is 6.61 Å². The van der Waals surface area contributed by atoms with Gasteiger partial charge in [0.1, 0.15) is 10.8 Å². The first-order chi connectivity index (χ1) is 13.9. The minimum Gasteiger partial charge on any atom is -0.484 e. The van der Waals surface area contributed by atoms with Crippen molar-refractivity contribution in [2.45, 2.75) is 52.9 Å². The Morgan fingerprint density at radius 3 is 2.62 bits per heavy atom. The lowest BCUT2D eigenvalue weighted by atomic mass is 9.88. The monoisotopic (exact) mass is 415 g/mol. The standard InChI is InChI=1S/C23H29NO4S/c1-5-27-23(26)21-18-11-6-15(4)12-19(18)29-22(21)24-20(25)13-28-17-9-7-16(8-10-17)14(2)3/h7-10,14-15H,5-6,11-13H2,1-4H3,(H,24,25)/t15-/m1/s1. The molecule has 6 heteroatoms. The zero-order valence-corrected chi connectivity index (χ0v) is 18.4. The number of rotatable bonds is 7. The van der Waals surface area contributed by atoms with E-state index in [9.17, 15) is 9.59 Å². The van der Waals surface area contributed by atoms with Crippen molar-refractivity contribution < 1.29 is 19.1 Å². The topological polar surface area (TPSA) is 64.6 Å². The van der Waals surface area contributed by atoms with E-state index in [1.165, 1.54) is 21.8 Å². The molecular formula is C23H29NO4S. The molecule has 0 aliphatic heterocycles. The summed E-state index contributed by atoms with van der Waals surface area (Å²) < 4.78 is 10.9. The van der Waals surface area contributed by atoms with Crippen LogP contribution >= 0.6 is 11.3 Å². The van der Waals surface area contributed by atoms with Gasteiger partial charge >= 0.3 is 5.97 Å². The molecule has 1 heterocycles. The Balaban J connectivity index is 1.70. The van der Waals surface area contributed by atoms with Crippen molar-refractivity contribution in [3.63, 3.8) is 0 Å².